The number of alkyl carbamates (subject to hydrolysis) is 1. The first-order chi connectivity index (χ1) is 12.6. The van der Waals surface area contributed by atoms with Gasteiger partial charge in [0.2, 0.25) is 0 Å². The maximum absolute atomic E-state index is 13.2. The Balaban J connectivity index is 2.08. The summed E-state index contributed by atoms with van der Waals surface area (Å²) in [5.41, 5.74) is 0.749. The zero-order chi connectivity index (χ0) is 20.2. The summed E-state index contributed by atoms with van der Waals surface area (Å²) < 4.78 is 21.7. The molecule has 2 aromatic rings. The molecule has 1 heterocycles. The number of nitrogens with one attached hydrogen (secondary N) is 1. The molecule has 0 fully saturated rings. The van der Waals surface area contributed by atoms with Crippen LogP contribution in [0.3, 0.4) is 0 Å². The van der Waals surface area contributed by atoms with Crippen LogP contribution in [0.1, 0.15) is 26.3 Å². The summed E-state index contributed by atoms with van der Waals surface area (Å²) in [6.45, 7) is 6.92. The van der Waals surface area contributed by atoms with Gasteiger partial charge in [0.15, 0.2) is 0 Å². The molecule has 146 valence electrons. The van der Waals surface area contributed by atoms with Gasteiger partial charge in [-0.3, -0.25) is 0 Å². The van der Waals surface area contributed by atoms with Gasteiger partial charge < -0.3 is 10.1 Å². The van der Waals surface area contributed by atoms with E-state index in [-0.39, 0.29) is 18.7 Å². The van der Waals surface area contributed by atoms with Crippen LogP contribution in [0, 0.1) is 6.92 Å². The number of benzene rings is 1. The lowest BCUT2D eigenvalue weighted by Crippen LogP contribution is -2.34. The highest BCUT2D eigenvalue weighted by Gasteiger charge is 2.16. The molecule has 0 unspecified atom stereocenters. The summed E-state index contributed by atoms with van der Waals surface area (Å²) in [6, 6.07) is 5.46. The Kier molecular flexibility index (Phi) is 6.59. The van der Waals surface area contributed by atoms with E-state index in [1.54, 1.807) is 26.8 Å². The zero-order valence-electron chi connectivity index (χ0n) is 15.6. The number of nitrogens with zero attached hydrogens (tertiary/aromatic N) is 3. The van der Waals surface area contributed by atoms with Gasteiger partial charge in [-0.15, -0.1) is 0 Å². The third-order valence-corrected chi connectivity index (χ3v) is 4.41. The van der Waals surface area contributed by atoms with Crippen molar-refractivity contribution in [2.75, 3.05) is 6.54 Å². The minimum absolute atomic E-state index is 0.0896. The Labute approximate surface area is 165 Å². The summed E-state index contributed by atoms with van der Waals surface area (Å²) in [5.74, 6) is 0. The lowest BCUT2D eigenvalue weighted by atomic mass is 10.2. The van der Waals surface area contributed by atoms with Gasteiger partial charge in [0.25, 0.3) is 0 Å². The van der Waals surface area contributed by atoms with Gasteiger partial charge in [0.1, 0.15) is 11.9 Å². The number of aromatic nitrogens is 3. The summed E-state index contributed by atoms with van der Waals surface area (Å²) in [7, 11) is 0. The minimum Gasteiger partial charge on any atom is -0.444 e. The normalized spacial score (nSPS) is 12.1. The van der Waals surface area contributed by atoms with E-state index in [1.807, 2.05) is 19.1 Å². The third-order valence-electron chi connectivity index (χ3n) is 3.52. The molecular weight excluding hydrogens is 419 g/mol. The van der Waals surface area contributed by atoms with Crippen molar-refractivity contribution in [3.63, 3.8) is 0 Å². The lowest BCUT2D eigenvalue weighted by molar-refractivity contribution is 0.0532. The van der Waals surface area contributed by atoms with E-state index in [2.05, 4.69) is 26.3 Å². The molecule has 0 saturated heterocycles. The predicted octanol–water partition coefficient (Wildman–Crippen LogP) is 3.48. The van der Waals surface area contributed by atoms with Gasteiger partial charge in [-0.2, -0.15) is 5.10 Å². The summed E-state index contributed by atoms with van der Waals surface area (Å²) in [4.78, 5) is 24.2. The van der Waals surface area contributed by atoms with E-state index in [0.29, 0.717) is 12.0 Å². The smallest absolute Gasteiger partial charge is 0.407 e. The number of hydrogen-bond donors (Lipinski definition) is 1. The van der Waals surface area contributed by atoms with Gasteiger partial charge in [0, 0.05) is 11.0 Å². The van der Waals surface area contributed by atoms with Crippen LogP contribution in [-0.4, -0.2) is 32.6 Å². The SMILES string of the molecule is Cc1cc(-n2cnn(C/C(=C/F)CNC(=O)OC(C)(C)C)c2=O)ccc1Br. The topological polar surface area (TPSA) is 78.2 Å². The van der Waals surface area contributed by atoms with Crippen LogP contribution >= 0.6 is 15.9 Å². The van der Waals surface area contributed by atoms with Gasteiger partial charge >= 0.3 is 11.8 Å². The van der Waals surface area contributed by atoms with Gasteiger partial charge in [0.05, 0.1) is 18.6 Å². The standard InChI is InChI=1S/C18H22BrFN4O3/c1-12-7-14(5-6-15(12)19)23-11-22-24(17(23)26)10-13(8-20)9-21-16(25)27-18(2,3)4/h5-8,11H,9-10H2,1-4H3,(H,21,25)/b13-8+. The predicted molar refractivity (Wildman–Crippen MR) is 104 cm³/mol. The van der Waals surface area contributed by atoms with Crippen LogP contribution in [0.15, 0.2) is 45.7 Å². The quantitative estimate of drug-likeness (QED) is 0.771. The van der Waals surface area contributed by atoms with Crippen LogP contribution in [0.4, 0.5) is 9.18 Å². The highest BCUT2D eigenvalue weighted by molar-refractivity contribution is 9.10. The van der Waals surface area contributed by atoms with Crippen molar-refractivity contribution in [2.45, 2.75) is 39.8 Å². The second kappa shape index (κ2) is 8.51. The third kappa shape index (κ3) is 5.78. The Hall–Kier alpha value is -2.42. The largest absolute Gasteiger partial charge is 0.444 e. The molecule has 0 aliphatic rings. The molecule has 0 atom stereocenters. The number of halogens is 2. The van der Waals surface area contributed by atoms with Crippen molar-refractivity contribution >= 4 is 22.0 Å². The Morgan fingerprint density at radius 3 is 2.70 bits per heavy atom. The molecule has 9 heteroatoms. The van der Waals surface area contributed by atoms with E-state index in [9.17, 15) is 14.0 Å². The van der Waals surface area contributed by atoms with Crippen molar-refractivity contribution in [3.8, 4) is 5.69 Å². The first-order valence-electron chi connectivity index (χ1n) is 8.26. The zero-order valence-corrected chi connectivity index (χ0v) is 17.2. The molecule has 2 rings (SSSR count). The summed E-state index contributed by atoms with van der Waals surface area (Å²) in [6.07, 6.45) is 1.07. The molecule has 1 aromatic carbocycles. The fraction of sp³-hybridized carbons (Fsp3) is 0.389. The molecule has 0 saturated carbocycles. The number of carbonyl (C=O) groups excluding carboxylic acids is 1. The average molecular weight is 441 g/mol. The monoisotopic (exact) mass is 440 g/mol. The van der Waals surface area contributed by atoms with E-state index in [0.717, 1.165) is 14.7 Å². The van der Waals surface area contributed by atoms with Crippen LogP contribution in [0.25, 0.3) is 5.69 Å². The van der Waals surface area contributed by atoms with Gasteiger partial charge in [-0.1, -0.05) is 15.9 Å². The molecule has 27 heavy (non-hydrogen) atoms. The molecular formula is C18H22BrFN4O3. The molecule has 0 spiro atoms. The van der Waals surface area contributed by atoms with Gasteiger partial charge in [-0.25, -0.2) is 23.2 Å². The second-order valence-electron chi connectivity index (χ2n) is 7.00. The first-order valence-corrected chi connectivity index (χ1v) is 9.06. The fourth-order valence-corrected chi connectivity index (χ4v) is 2.47. The second-order valence-corrected chi connectivity index (χ2v) is 7.85. The van der Waals surface area contributed by atoms with Crippen molar-refractivity contribution in [3.05, 3.63) is 56.9 Å². The van der Waals surface area contributed by atoms with E-state index in [4.69, 9.17) is 4.74 Å². The average Bonchev–Trinajstić information content (AvgIpc) is 2.93. The van der Waals surface area contributed by atoms with Crippen LogP contribution in [-0.2, 0) is 11.3 Å². The molecule has 1 N–H and O–H groups in total. The summed E-state index contributed by atoms with van der Waals surface area (Å²) >= 11 is 3.41. The van der Waals surface area contributed by atoms with Crippen LogP contribution in [0.2, 0.25) is 0 Å². The fourth-order valence-electron chi connectivity index (χ4n) is 2.22. The number of rotatable bonds is 5. The van der Waals surface area contributed by atoms with E-state index in [1.165, 1.54) is 10.9 Å². The van der Waals surface area contributed by atoms with Crippen molar-refractivity contribution in [2.24, 2.45) is 0 Å². The van der Waals surface area contributed by atoms with Crippen molar-refractivity contribution in [1.82, 2.24) is 19.7 Å². The number of amides is 1. The first kappa shape index (κ1) is 20.9. The maximum atomic E-state index is 13.2. The Bertz CT molecular complexity index is 912. The highest BCUT2D eigenvalue weighted by atomic mass is 79.9. The molecule has 0 radical (unpaired) electrons. The van der Waals surface area contributed by atoms with Crippen LogP contribution in [0.5, 0.6) is 0 Å². The molecule has 1 aromatic heterocycles. The Morgan fingerprint density at radius 1 is 1.41 bits per heavy atom. The lowest BCUT2D eigenvalue weighted by Gasteiger charge is -2.19. The van der Waals surface area contributed by atoms with E-state index >= 15 is 0 Å². The Morgan fingerprint density at radius 2 is 2.11 bits per heavy atom. The molecule has 0 aliphatic heterocycles. The van der Waals surface area contributed by atoms with Crippen molar-refractivity contribution < 1.29 is 13.9 Å². The number of aryl methyl sites for hydroxylation is 1. The molecule has 7 nitrogen and oxygen atoms in total. The summed E-state index contributed by atoms with van der Waals surface area (Å²) in [5, 5.41) is 6.48. The molecule has 0 aliphatic carbocycles. The molecule has 0 bridgehead atoms. The maximum Gasteiger partial charge on any atom is 0.407 e. The number of ether oxygens (including phenoxy) is 1. The van der Waals surface area contributed by atoms with Crippen molar-refractivity contribution in [1.29, 1.82) is 0 Å². The number of hydrogen-bond acceptors (Lipinski definition) is 4. The van der Waals surface area contributed by atoms with Crippen LogP contribution < -0.4 is 11.0 Å². The van der Waals surface area contributed by atoms with Gasteiger partial charge in [-0.05, 0) is 57.0 Å². The highest BCUT2D eigenvalue weighted by Crippen LogP contribution is 2.18. The van der Waals surface area contributed by atoms with E-state index < -0.39 is 17.4 Å². The number of carbonyl (C=O) groups is 1. The molecule has 1 amide bonds. The minimum atomic E-state index is -0.662.